The fraction of sp³-hybridized carbons (Fsp3) is 0.348. The molecule has 0 unspecified atom stereocenters. The molecule has 0 aliphatic rings. The highest BCUT2D eigenvalue weighted by Gasteiger charge is 2.23. The van der Waals surface area contributed by atoms with Crippen LogP contribution in [0.3, 0.4) is 0 Å². The number of hydrogen-bond acceptors (Lipinski definition) is 6. The van der Waals surface area contributed by atoms with E-state index >= 15 is 0 Å². The predicted molar refractivity (Wildman–Crippen MR) is 114 cm³/mol. The van der Waals surface area contributed by atoms with Gasteiger partial charge < -0.3 is 25.2 Å². The number of carbonyl (C=O) groups excluding carboxylic acids is 3. The van der Waals surface area contributed by atoms with Gasteiger partial charge in [0.15, 0.2) is 0 Å². The molecule has 0 fully saturated rings. The molecule has 0 saturated carbocycles. The van der Waals surface area contributed by atoms with Crippen LogP contribution in [0.2, 0.25) is 0 Å². The number of carbonyl (C=O) groups is 3. The summed E-state index contributed by atoms with van der Waals surface area (Å²) in [5.74, 6) is -1.11. The highest BCUT2D eigenvalue weighted by atomic mass is 16.5. The van der Waals surface area contributed by atoms with E-state index in [1.807, 2.05) is 61.5 Å². The lowest BCUT2D eigenvalue weighted by molar-refractivity contribution is -0.145. The van der Waals surface area contributed by atoms with E-state index in [0.29, 0.717) is 0 Å². The molecule has 0 aliphatic carbocycles. The van der Waals surface area contributed by atoms with E-state index in [-0.39, 0.29) is 26.0 Å². The van der Waals surface area contributed by atoms with Gasteiger partial charge in [0.05, 0.1) is 19.6 Å². The number of hydrogen-bond donors (Lipinski definition) is 3. The van der Waals surface area contributed by atoms with Gasteiger partial charge in [-0.15, -0.1) is 0 Å². The number of methoxy groups -OCH3 is 1. The maximum atomic E-state index is 12.3. The van der Waals surface area contributed by atoms with Crippen molar-refractivity contribution in [2.75, 3.05) is 13.7 Å². The molecule has 31 heavy (non-hydrogen) atoms. The summed E-state index contributed by atoms with van der Waals surface area (Å²) >= 11 is 0. The van der Waals surface area contributed by atoms with Gasteiger partial charge in [-0.05, 0) is 18.1 Å². The Kier molecular flexibility index (Phi) is 9.51. The number of ether oxygens (including phenoxy) is 2. The molecule has 2 aromatic rings. The van der Waals surface area contributed by atoms with E-state index in [9.17, 15) is 19.5 Å². The molecule has 2 atom stereocenters. The Morgan fingerprint density at radius 1 is 1.03 bits per heavy atom. The molecule has 2 rings (SSSR count). The van der Waals surface area contributed by atoms with Gasteiger partial charge in [-0.2, -0.15) is 0 Å². The van der Waals surface area contributed by atoms with Crippen molar-refractivity contribution in [3.05, 3.63) is 71.3 Å². The van der Waals surface area contributed by atoms with Gasteiger partial charge in [0.2, 0.25) is 5.91 Å². The number of nitrogens with one attached hydrogen (secondary N) is 2. The summed E-state index contributed by atoms with van der Waals surface area (Å²) < 4.78 is 9.82. The van der Waals surface area contributed by atoms with E-state index in [4.69, 9.17) is 9.47 Å². The van der Waals surface area contributed by atoms with E-state index in [1.165, 1.54) is 7.11 Å². The maximum Gasteiger partial charge on any atom is 0.407 e. The van der Waals surface area contributed by atoms with Crippen molar-refractivity contribution in [3.63, 3.8) is 0 Å². The van der Waals surface area contributed by atoms with E-state index in [2.05, 4.69) is 10.6 Å². The zero-order chi connectivity index (χ0) is 22.6. The highest BCUT2D eigenvalue weighted by Crippen LogP contribution is 2.08. The number of aliphatic hydroxyl groups is 1. The van der Waals surface area contributed by atoms with Gasteiger partial charge in [0, 0.05) is 13.0 Å². The SMILES string of the molecule is COC(=O)[C@H](Cc1cccc(C)c1)NC(=O)C[C@H](O)CNC(=O)OCc1ccccc1. The number of benzene rings is 2. The smallest absolute Gasteiger partial charge is 0.407 e. The fourth-order valence-electron chi connectivity index (χ4n) is 2.93. The first kappa shape index (κ1) is 23.9. The summed E-state index contributed by atoms with van der Waals surface area (Å²) in [5, 5.41) is 15.0. The largest absolute Gasteiger partial charge is 0.467 e. The molecule has 0 saturated heterocycles. The van der Waals surface area contributed by atoms with Crippen molar-refractivity contribution in [3.8, 4) is 0 Å². The first-order valence-electron chi connectivity index (χ1n) is 9.92. The average Bonchev–Trinajstić information content (AvgIpc) is 2.76. The first-order chi connectivity index (χ1) is 14.9. The van der Waals surface area contributed by atoms with Crippen molar-refractivity contribution >= 4 is 18.0 Å². The lowest BCUT2D eigenvalue weighted by Crippen LogP contribution is -2.45. The minimum Gasteiger partial charge on any atom is -0.467 e. The Labute approximate surface area is 181 Å². The Bertz CT molecular complexity index is 871. The molecule has 2 amide bonds. The van der Waals surface area contributed by atoms with Gasteiger partial charge in [-0.3, -0.25) is 4.79 Å². The second-order valence-corrected chi connectivity index (χ2v) is 7.14. The minimum atomic E-state index is -1.14. The summed E-state index contributed by atoms with van der Waals surface area (Å²) in [6.07, 6.45) is -1.86. The minimum absolute atomic E-state index is 0.100. The second-order valence-electron chi connectivity index (χ2n) is 7.14. The topological polar surface area (TPSA) is 114 Å². The van der Waals surface area contributed by atoms with Crippen LogP contribution < -0.4 is 10.6 Å². The van der Waals surface area contributed by atoms with Crippen LogP contribution in [-0.2, 0) is 32.1 Å². The van der Waals surface area contributed by atoms with Crippen molar-refractivity contribution < 1.29 is 29.0 Å². The van der Waals surface area contributed by atoms with Crippen LogP contribution in [0.1, 0.15) is 23.1 Å². The third-order valence-electron chi connectivity index (χ3n) is 4.46. The highest BCUT2D eigenvalue weighted by molar-refractivity contribution is 5.85. The third kappa shape index (κ3) is 8.88. The number of rotatable bonds is 10. The van der Waals surface area contributed by atoms with Crippen LogP contribution in [0.4, 0.5) is 4.79 Å². The van der Waals surface area contributed by atoms with E-state index in [1.54, 1.807) is 0 Å². The van der Waals surface area contributed by atoms with Gasteiger partial charge in [-0.25, -0.2) is 9.59 Å². The summed E-state index contributed by atoms with van der Waals surface area (Å²) in [6.45, 7) is 1.87. The Balaban J connectivity index is 1.77. The van der Waals surface area contributed by atoms with Crippen molar-refractivity contribution in [2.45, 2.75) is 38.5 Å². The molecule has 0 aliphatic heterocycles. The number of amides is 2. The Hall–Kier alpha value is -3.39. The number of aryl methyl sites for hydroxylation is 1. The molecule has 0 bridgehead atoms. The zero-order valence-electron chi connectivity index (χ0n) is 17.7. The molecule has 166 valence electrons. The zero-order valence-corrected chi connectivity index (χ0v) is 17.7. The Morgan fingerprint density at radius 2 is 1.74 bits per heavy atom. The molecule has 0 aromatic heterocycles. The van der Waals surface area contributed by atoms with Crippen molar-refractivity contribution in [1.29, 1.82) is 0 Å². The van der Waals surface area contributed by atoms with Gasteiger partial charge in [0.25, 0.3) is 0 Å². The van der Waals surface area contributed by atoms with Crippen LogP contribution in [-0.4, -0.2) is 48.9 Å². The molecule has 0 radical (unpaired) electrons. The van der Waals surface area contributed by atoms with Crippen LogP contribution >= 0.6 is 0 Å². The van der Waals surface area contributed by atoms with Gasteiger partial charge in [0.1, 0.15) is 12.6 Å². The molecular weight excluding hydrogens is 400 g/mol. The fourth-order valence-corrected chi connectivity index (χ4v) is 2.93. The van der Waals surface area contributed by atoms with E-state index in [0.717, 1.165) is 16.7 Å². The molecule has 2 aromatic carbocycles. The Morgan fingerprint density at radius 3 is 2.42 bits per heavy atom. The molecule has 3 N–H and O–H groups in total. The first-order valence-corrected chi connectivity index (χ1v) is 9.92. The summed E-state index contributed by atoms with van der Waals surface area (Å²) in [7, 11) is 1.25. The normalized spacial score (nSPS) is 12.4. The number of aliphatic hydroxyl groups excluding tert-OH is 1. The summed E-state index contributed by atoms with van der Waals surface area (Å²) in [6, 6.07) is 15.9. The van der Waals surface area contributed by atoms with Crippen LogP contribution in [0.25, 0.3) is 0 Å². The molecular formula is C23H28N2O6. The maximum absolute atomic E-state index is 12.3. The molecule has 0 spiro atoms. The van der Waals surface area contributed by atoms with Crippen molar-refractivity contribution in [1.82, 2.24) is 10.6 Å². The second kappa shape index (κ2) is 12.3. The molecule has 0 heterocycles. The monoisotopic (exact) mass is 428 g/mol. The lowest BCUT2D eigenvalue weighted by Gasteiger charge is -2.18. The van der Waals surface area contributed by atoms with Crippen molar-refractivity contribution in [2.24, 2.45) is 0 Å². The van der Waals surface area contributed by atoms with E-state index < -0.39 is 30.1 Å². The third-order valence-corrected chi connectivity index (χ3v) is 4.46. The quantitative estimate of drug-likeness (QED) is 0.498. The number of alkyl carbamates (subject to hydrolysis) is 1. The van der Waals surface area contributed by atoms with Gasteiger partial charge in [-0.1, -0.05) is 60.2 Å². The summed E-state index contributed by atoms with van der Waals surface area (Å²) in [5.41, 5.74) is 2.74. The standard InChI is InChI=1S/C23H28N2O6/c1-16-7-6-10-18(11-16)12-20(22(28)30-2)25-21(27)13-19(26)14-24-23(29)31-15-17-8-4-3-5-9-17/h3-11,19-20,26H,12-15H2,1-2H3,(H,24,29)(H,25,27)/t19-,20-/m0/s1. The molecule has 8 heteroatoms. The molecule has 8 nitrogen and oxygen atoms in total. The van der Waals surface area contributed by atoms with Gasteiger partial charge >= 0.3 is 12.1 Å². The van der Waals surface area contributed by atoms with Crippen LogP contribution in [0.5, 0.6) is 0 Å². The summed E-state index contributed by atoms with van der Waals surface area (Å²) in [4.78, 5) is 36.1. The van der Waals surface area contributed by atoms with Crippen LogP contribution in [0, 0.1) is 6.92 Å². The average molecular weight is 428 g/mol. The van der Waals surface area contributed by atoms with Crippen LogP contribution in [0.15, 0.2) is 54.6 Å². The number of esters is 1. The predicted octanol–water partition coefficient (Wildman–Crippen LogP) is 1.87. The lowest BCUT2D eigenvalue weighted by atomic mass is 10.0.